The van der Waals surface area contributed by atoms with Crippen LogP contribution in [0, 0.1) is 5.82 Å². The van der Waals surface area contributed by atoms with Crippen molar-refractivity contribution in [2.45, 2.75) is 25.8 Å². The van der Waals surface area contributed by atoms with Crippen molar-refractivity contribution in [3.8, 4) is 5.75 Å². The second-order valence-electron chi connectivity index (χ2n) is 3.81. The van der Waals surface area contributed by atoms with Crippen molar-refractivity contribution >= 4 is 22.6 Å². The molecule has 1 aromatic carbocycles. The maximum atomic E-state index is 13.6. The molecule has 0 N–H and O–H groups in total. The van der Waals surface area contributed by atoms with Crippen LogP contribution < -0.4 is 4.74 Å². The number of aryl methyl sites for hydroxylation is 1. The van der Waals surface area contributed by atoms with Crippen LogP contribution in [0.2, 0.25) is 0 Å². The van der Waals surface area contributed by atoms with Gasteiger partial charge in [-0.05, 0) is 13.8 Å². The summed E-state index contributed by atoms with van der Waals surface area (Å²) in [6.07, 6.45) is 0. The zero-order valence-corrected chi connectivity index (χ0v) is 10.8. The third kappa shape index (κ3) is 1.97. The van der Waals surface area contributed by atoms with Gasteiger partial charge in [0, 0.05) is 18.7 Å². The molecule has 17 heavy (non-hydrogen) atoms. The van der Waals surface area contributed by atoms with Crippen molar-refractivity contribution in [2.75, 3.05) is 7.11 Å². The number of alkyl halides is 1. The first-order chi connectivity index (χ1) is 8.08. The Balaban J connectivity index is 2.74. The lowest BCUT2D eigenvalue weighted by molar-refractivity contribution is 0.387. The van der Waals surface area contributed by atoms with E-state index in [-0.39, 0.29) is 11.1 Å². The number of rotatable bonds is 3. The molecule has 0 aliphatic rings. The number of hydrogen-bond acceptors (Lipinski definition) is 2. The molecule has 1 aromatic heterocycles. The minimum Gasteiger partial charge on any atom is -0.494 e. The Kier molecular flexibility index (Phi) is 3.24. The van der Waals surface area contributed by atoms with Gasteiger partial charge in [-0.2, -0.15) is 0 Å². The first-order valence-electron chi connectivity index (χ1n) is 5.46. The van der Waals surface area contributed by atoms with Crippen molar-refractivity contribution < 1.29 is 9.13 Å². The first-order valence-corrected chi connectivity index (χ1v) is 5.89. The number of fused-ring (bicyclic) bond motifs is 1. The minimum absolute atomic E-state index is 0.212. The van der Waals surface area contributed by atoms with Crippen LogP contribution in [-0.4, -0.2) is 16.7 Å². The molecule has 2 rings (SSSR count). The second-order valence-corrected chi connectivity index (χ2v) is 4.46. The summed E-state index contributed by atoms with van der Waals surface area (Å²) in [4.78, 5) is 4.35. The largest absolute Gasteiger partial charge is 0.494 e. The van der Waals surface area contributed by atoms with Crippen LogP contribution in [0.15, 0.2) is 12.1 Å². The molecular weight excluding hydrogens is 243 g/mol. The molecule has 0 aliphatic heterocycles. The molecule has 0 bridgehead atoms. The highest BCUT2D eigenvalue weighted by Crippen LogP contribution is 2.29. The standard InChI is InChI=1S/C12H14ClFN2O/c1-4-16-10-6-11(17-3)8(14)5-9(10)15-12(16)7(2)13/h5-7H,4H2,1-3H3. The smallest absolute Gasteiger partial charge is 0.167 e. The van der Waals surface area contributed by atoms with Crippen molar-refractivity contribution in [3.63, 3.8) is 0 Å². The summed E-state index contributed by atoms with van der Waals surface area (Å²) in [7, 11) is 1.45. The van der Waals surface area contributed by atoms with E-state index in [9.17, 15) is 4.39 Å². The summed E-state index contributed by atoms with van der Waals surface area (Å²) in [5, 5.41) is -0.212. The lowest BCUT2D eigenvalue weighted by Gasteiger charge is -2.07. The predicted molar refractivity (Wildman–Crippen MR) is 66.2 cm³/mol. The molecule has 2 aromatic rings. The average molecular weight is 257 g/mol. The predicted octanol–water partition coefficient (Wildman–Crippen LogP) is 3.50. The Morgan fingerprint density at radius 3 is 2.76 bits per heavy atom. The minimum atomic E-state index is -0.408. The number of ether oxygens (including phenoxy) is 1. The van der Waals surface area contributed by atoms with E-state index in [0.29, 0.717) is 5.52 Å². The molecule has 1 heterocycles. The Bertz CT molecular complexity index is 551. The molecule has 0 saturated carbocycles. The van der Waals surface area contributed by atoms with Crippen molar-refractivity contribution in [1.82, 2.24) is 9.55 Å². The van der Waals surface area contributed by atoms with Crippen molar-refractivity contribution in [2.24, 2.45) is 0 Å². The molecule has 0 radical (unpaired) electrons. The summed E-state index contributed by atoms with van der Waals surface area (Å²) in [5.74, 6) is 0.562. The summed E-state index contributed by atoms with van der Waals surface area (Å²) < 4.78 is 20.5. The van der Waals surface area contributed by atoms with Gasteiger partial charge in [0.05, 0.1) is 23.5 Å². The van der Waals surface area contributed by atoms with Crippen LogP contribution in [0.25, 0.3) is 11.0 Å². The molecule has 0 spiro atoms. The Morgan fingerprint density at radius 2 is 2.24 bits per heavy atom. The molecule has 92 valence electrons. The van der Waals surface area contributed by atoms with Crippen molar-refractivity contribution in [3.05, 3.63) is 23.8 Å². The average Bonchev–Trinajstić information content (AvgIpc) is 2.65. The maximum absolute atomic E-state index is 13.6. The molecular formula is C12H14ClFN2O. The quantitative estimate of drug-likeness (QED) is 0.786. The fourth-order valence-corrected chi connectivity index (χ4v) is 2.10. The van der Waals surface area contributed by atoms with E-state index in [1.807, 2.05) is 18.4 Å². The van der Waals surface area contributed by atoms with Gasteiger partial charge in [0.15, 0.2) is 11.6 Å². The Hall–Kier alpha value is -1.29. The zero-order chi connectivity index (χ0) is 12.6. The summed E-state index contributed by atoms with van der Waals surface area (Å²) in [6, 6.07) is 3.03. The monoisotopic (exact) mass is 256 g/mol. The third-order valence-corrected chi connectivity index (χ3v) is 2.92. The van der Waals surface area contributed by atoms with Gasteiger partial charge in [0.2, 0.25) is 0 Å². The number of benzene rings is 1. The van der Waals surface area contributed by atoms with Crippen LogP contribution in [-0.2, 0) is 6.54 Å². The van der Waals surface area contributed by atoms with Gasteiger partial charge in [-0.25, -0.2) is 9.37 Å². The molecule has 1 atom stereocenters. The van der Waals surface area contributed by atoms with E-state index < -0.39 is 5.82 Å². The van der Waals surface area contributed by atoms with E-state index in [4.69, 9.17) is 16.3 Å². The summed E-state index contributed by atoms with van der Waals surface area (Å²) in [6.45, 7) is 4.58. The number of imidazole rings is 1. The molecule has 0 saturated heterocycles. The summed E-state index contributed by atoms with van der Waals surface area (Å²) >= 11 is 6.06. The number of methoxy groups -OCH3 is 1. The van der Waals surface area contributed by atoms with Crippen LogP contribution in [0.1, 0.15) is 25.0 Å². The van der Waals surface area contributed by atoms with E-state index in [0.717, 1.165) is 17.9 Å². The molecule has 0 aliphatic carbocycles. The highest BCUT2D eigenvalue weighted by Gasteiger charge is 2.16. The molecule has 5 heteroatoms. The molecule has 0 fully saturated rings. The highest BCUT2D eigenvalue weighted by molar-refractivity contribution is 6.20. The van der Waals surface area contributed by atoms with Gasteiger partial charge >= 0.3 is 0 Å². The maximum Gasteiger partial charge on any atom is 0.167 e. The SMILES string of the molecule is CCn1c(C(C)Cl)nc2cc(F)c(OC)cc21. The number of aromatic nitrogens is 2. The van der Waals surface area contributed by atoms with Gasteiger partial charge in [0.1, 0.15) is 5.82 Å². The summed E-state index contributed by atoms with van der Waals surface area (Å²) in [5.41, 5.74) is 1.45. The van der Waals surface area contributed by atoms with Gasteiger partial charge < -0.3 is 9.30 Å². The topological polar surface area (TPSA) is 27.1 Å². The fourth-order valence-electron chi connectivity index (χ4n) is 1.94. The van der Waals surface area contributed by atoms with Crippen LogP contribution in [0.3, 0.4) is 0 Å². The number of halogens is 2. The highest BCUT2D eigenvalue weighted by atomic mass is 35.5. The lowest BCUT2D eigenvalue weighted by Crippen LogP contribution is -2.02. The number of hydrogen-bond donors (Lipinski definition) is 0. The zero-order valence-electron chi connectivity index (χ0n) is 10.00. The van der Waals surface area contributed by atoms with E-state index in [1.165, 1.54) is 13.2 Å². The Labute approximate surface area is 104 Å². The van der Waals surface area contributed by atoms with Crippen LogP contribution in [0.4, 0.5) is 4.39 Å². The van der Waals surface area contributed by atoms with E-state index >= 15 is 0 Å². The van der Waals surface area contributed by atoms with E-state index in [1.54, 1.807) is 6.07 Å². The van der Waals surface area contributed by atoms with Crippen molar-refractivity contribution in [1.29, 1.82) is 0 Å². The molecule has 0 amide bonds. The molecule has 3 nitrogen and oxygen atoms in total. The van der Waals surface area contributed by atoms with Crippen LogP contribution in [0.5, 0.6) is 5.75 Å². The van der Waals surface area contributed by atoms with Gasteiger partial charge in [-0.15, -0.1) is 11.6 Å². The van der Waals surface area contributed by atoms with E-state index in [2.05, 4.69) is 4.98 Å². The van der Waals surface area contributed by atoms with Gasteiger partial charge in [-0.3, -0.25) is 0 Å². The Morgan fingerprint density at radius 1 is 1.53 bits per heavy atom. The molecule has 1 unspecified atom stereocenters. The van der Waals surface area contributed by atoms with Gasteiger partial charge in [0.25, 0.3) is 0 Å². The van der Waals surface area contributed by atoms with Gasteiger partial charge in [-0.1, -0.05) is 0 Å². The lowest BCUT2D eigenvalue weighted by atomic mass is 10.3. The fraction of sp³-hybridized carbons (Fsp3) is 0.417. The normalized spacial score (nSPS) is 13.0. The second kappa shape index (κ2) is 4.53. The number of nitrogens with zero attached hydrogens (tertiary/aromatic N) is 2. The third-order valence-electron chi connectivity index (χ3n) is 2.72. The van der Waals surface area contributed by atoms with Crippen LogP contribution >= 0.6 is 11.6 Å². The first kappa shape index (κ1) is 12.2.